The van der Waals surface area contributed by atoms with Gasteiger partial charge < -0.3 is 15.2 Å². The van der Waals surface area contributed by atoms with Crippen molar-refractivity contribution in [2.45, 2.75) is 39.0 Å². The average molecular weight is 419 g/mol. The van der Waals surface area contributed by atoms with Crippen molar-refractivity contribution in [1.29, 1.82) is 0 Å². The van der Waals surface area contributed by atoms with Crippen molar-refractivity contribution in [1.82, 2.24) is 14.9 Å². The zero-order valence-corrected chi connectivity index (χ0v) is 16.8. The summed E-state index contributed by atoms with van der Waals surface area (Å²) in [4.78, 5) is 17.1. The lowest BCUT2D eigenvalue weighted by Gasteiger charge is -2.28. The van der Waals surface area contributed by atoms with Crippen molar-refractivity contribution in [2.75, 3.05) is 5.32 Å². The predicted molar refractivity (Wildman–Crippen MR) is 109 cm³/mol. The van der Waals surface area contributed by atoms with Gasteiger partial charge in [-0.15, -0.1) is 0 Å². The Labute approximate surface area is 172 Å². The molecular weight excluding hydrogens is 398 g/mol. The summed E-state index contributed by atoms with van der Waals surface area (Å²) >= 11 is 5.79. The van der Waals surface area contributed by atoms with E-state index in [0.717, 1.165) is 5.57 Å². The fraction of sp³-hybridized carbons (Fsp3) is 0.333. The van der Waals surface area contributed by atoms with E-state index in [2.05, 4.69) is 10.6 Å². The fourth-order valence-electron chi connectivity index (χ4n) is 3.57. The highest BCUT2D eigenvalue weighted by atomic mass is 35.5. The number of amides is 1. The molecule has 1 aromatic carbocycles. The maximum atomic E-state index is 14.0. The molecule has 1 amide bonds. The highest BCUT2D eigenvalue weighted by Gasteiger charge is 2.33. The Morgan fingerprint density at radius 1 is 1.38 bits per heavy atom. The van der Waals surface area contributed by atoms with Gasteiger partial charge in [0.15, 0.2) is 0 Å². The molecule has 2 aliphatic rings. The van der Waals surface area contributed by atoms with Crippen molar-refractivity contribution >= 4 is 34.6 Å². The van der Waals surface area contributed by atoms with Crippen molar-refractivity contribution in [3.63, 3.8) is 0 Å². The van der Waals surface area contributed by atoms with Crippen molar-refractivity contribution in [3.8, 4) is 0 Å². The van der Waals surface area contributed by atoms with Gasteiger partial charge in [-0.25, -0.2) is 13.8 Å². The van der Waals surface area contributed by atoms with Crippen molar-refractivity contribution in [2.24, 2.45) is 5.92 Å². The molecule has 5 nitrogen and oxygen atoms in total. The van der Waals surface area contributed by atoms with Gasteiger partial charge in [0.25, 0.3) is 0 Å². The molecular formula is C21H21ClF2N4O. The summed E-state index contributed by atoms with van der Waals surface area (Å²) in [7, 11) is 0. The third kappa shape index (κ3) is 3.79. The molecule has 2 heterocycles. The van der Waals surface area contributed by atoms with Crippen LogP contribution in [-0.4, -0.2) is 21.6 Å². The van der Waals surface area contributed by atoms with Crippen LogP contribution in [0, 0.1) is 11.7 Å². The number of aromatic nitrogens is 2. The molecule has 0 saturated heterocycles. The normalized spacial score (nSPS) is 21.0. The first-order valence-electron chi connectivity index (χ1n) is 9.48. The summed E-state index contributed by atoms with van der Waals surface area (Å²) in [5.41, 5.74) is 1.83. The SMILES string of the molecule is CC(C)[C@H]1NC(=O)Cn2c1nc(C1=CCC(F)C=C1)c2Nc1ccc(Cl)c(F)c1. The van der Waals surface area contributed by atoms with Crippen LogP contribution in [0.25, 0.3) is 5.57 Å². The van der Waals surface area contributed by atoms with Gasteiger partial charge in [-0.05, 0) is 35.8 Å². The van der Waals surface area contributed by atoms with Crippen LogP contribution in [0.15, 0.2) is 36.4 Å². The van der Waals surface area contributed by atoms with Gasteiger partial charge in [0.1, 0.15) is 35.9 Å². The monoisotopic (exact) mass is 418 g/mol. The molecule has 4 rings (SSSR count). The van der Waals surface area contributed by atoms with Crippen molar-refractivity contribution < 1.29 is 13.6 Å². The lowest BCUT2D eigenvalue weighted by Crippen LogP contribution is -2.41. The number of hydrogen-bond acceptors (Lipinski definition) is 3. The molecule has 29 heavy (non-hydrogen) atoms. The minimum atomic E-state index is -1.02. The lowest BCUT2D eigenvalue weighted by molar-refractivity contribution is -0.123. The van der Waals surface area contributed by atoms with Crippen LogP contribution in [0.2, 0.25) is 5.02 Å². The van der Waals surface area contributed by atoms with E-state index in [1.807, 2.05) is 18.4 Å². The summed E-state index contributed by atoms with van der Waals surface area (Å²) < 4.78 is 29.3. The van der Waals surface area contributed by atoms with E-state index in [0.29, 0.717) is 23.0 Å². The first-order valence-corrected chi connectivity index (χ1v) is 9.86. The van der Waals surface area contributed by atoms with Gasteiger partial charge in [-0.3, -0.25) is 4.79 Å². The fourth-order valence-corrected chi connectivity index (χ4v) is 3.69. The number of nitrogens with zero attached hydrogens (tertiary/aromatic N) is 2. The van der Waals surface area contributed by atoms with Gasteiger partial charge in [0, 0.05) is 12.1 Å². The van der Waals surface area contributed by atoms with Gasteiger partial charge in [0.2, 0.25) is 5.91 Å². The third-order valence-electron chi connectivity index (χ3n) is 5.06. The van der Waals surface area contributed by atoms with E-state index in [1.54, 1.807) is 18.2 Å². The second-order valence-corrected chi connectivity index (χ2v) is 7.97. The Bertz CT molecular complexity index is 1030. The maximum Gasteiger partial charge on any atom is 0.240 e. The molecule has 2 aromatic rings. The zero-order chi connectivity index (χ0) is 20.7. The molecule has 0 bridgehead atoms. The van der Waals surface area contributed by atoms with E-state index in [4.69, 9.17) is 16.6 Å². The van der Waals surface area contributed by atoms with E-state index >= 15 is 0 Å². The summed E-state index contributed by atoms with van der Waals surface area (Å²) in [6, 6.07) is 4.15. The third-order valence-corrected chi connectivity index (χ3v) is 5.37. The number of halogens is 3. The van der Waals surface area contributed by atoms with E-state index < -0.39 is 12.0 Å². The van der Waals surface area contributed by atoms with Gasteiger partial charge in [-0.1, -0.05) is 37.6 Å². The second-order valence-electron chi connectivity index (χ2n) is 7.57. The second kappa shape index (κ2) is 7.63. The number of imidazole rings is 1. The van der Waals surface area contributed by atoms with Crippen LogP contribution < -0.4 is 10.6 Å². The number of carbonyl (C=O) groups is 1. The molecule has 0 spiro atoms. The smallest absolute Gasteiger partial charge is 0.240 e. The Morgan fingerprint density at radius 2 is 2.17 bits per heavy atom. The number of benzene rings is 1. The largest absolute Gasteiger partial charge is 0.344 e. The number of carbonyl (C=O) groups excluding carboxylic acids is 1. The standard InChI is InChI=1S/C21H21ClF2N4O/c1-11(2)18-20-27-19(12-3-5-13(23)6-4-12)21(28(20)10-17(29)26-18)25-14-7-8-15(22)16(24)9-14/h3-5,7-9,11,13,18,25H,6,10H2,1-2H3,(H,26,29)/t13?,18-/m1/s1. The summed E-state index contributed by atoms with van der Waals surface area (Å²) in [6.45, 7) is 4.10. The molecule has 0 radical (unpaired) electrons. The Morgan fingerprint density at radius 3 is 2.83 bits per heavy atom. The number of alkyl halides is 1. The minimum Gasteiger partial charge on any atom is -0.344 e. The first-order chi connectivity index (χ1) is 13.8. The van der Waals surface area contributed by atoms with Gasteiger partial charge in [0.05, 0.1) is 11.1 Å². The van der Waals surface area contributed by atoms with Crippen LogP contribution in [0.1, 0.15) is 37.8 Å². The van der Waals surface area contributed by atoms with Crippen LogP contribution >= 0.6 is 11.6 Å². The quantitative estimate of drug-likeness (QED) is 0.740. The van der Waals surface area contributed by atoms with Crippen LogP contribution in [0.4, 0.5) is 20.3 Å². The molecule has 2 atom stereocenters. The van der Waals surface area contributed by atoms with E-state index in [-0.39, 0.29) is 35.9 Å². The molecule has 2 N–H and O–H groups in total. The Hall–Kier alpha value is -2.67. The topological polar surface area (TPSA) is 59.0 Å². The summed E-state index contributed by atoms with van der Waals surface area (Å²) in [5.74, 6) is 0.729. The van der Waals surface area contributed by atoms with Crippen LogP contribution in [-0.2, 0) is 11.3 Å². The number of hydrogen-bond donors (Lipinski definition) is 2. The zero-order valence-electron chi connectivity index (χ0n) is 16.0. The number of rotatable bonds is 4. The number of allylic oxidation sites excluding steroid dienone is 4. The minimum absolute atomic E-state index is 0.0252. The molecule has 0 fully saturated rings. The molecule has 1 aliphatic carbocycles. The maximum absolute atomic E-state index is 14.0. The lowest BCUT2D eigenvalue weighted by atomic mass is 10.0. The summed E-state index contributed by atoms with van der Waals surface area (Å²) in [6.07, 6.45) is 4.20. The molecule has 0 saturated carbocycles. The molecule has 152 valence electrons. The van der Waals surface area contributed by atoms with Gasteiger partial charge >= 0.3 is 0 Å². The highest BCUT2D eigenvalue weighted by molar-refractivity contribution is 6.30. The van der Waals surface area contributed by atoms with E-state index in [1.165, 1.54) is 18.2 Å². The van der Waals surface area contributed by atoms with E-state index in [9.17, 15) is 13.6 Å². The first kappa shape index (κ1) is 19.6. The Balaban J connectivity index is 1.84. The average Bonchev–Trinajstić information content (AvgIpc) is 3.03. The molecule has 1 unspecified atom stereocenters. The predicted octanol–water partition coefficient (Wildman–Crippen LogP) is 4.93. The van der Waals surface area contributed by atoms with Gasteiger partial charge in [-0.2, -0.15) is 0 Å². The molecule has 1 aliphatic heterocycles. The van der Waals surface area contributed by atoms with Crippen LogP contribution in [0.3, 0.4) is 0 Å². The summed E-state index contributed by atoms with van der Waals surface area (Å²) in [5, 5.41) is 6.19. The highest BCUT2D eigenvalue weighted by Crippen LogP contribution is 2.36. The van der Waals surface area contributed by atoms with Crippen LogP contribution in [0.5, 0.6) is 0 Å². The Kier molecular flexibility index (Phi) is 5.17. The number of nitrogens with one attached hydrogen (secondary N) is 2. The van der Waals surface area contributed by atoms with Crippen molar-refractivity contribution in [3.05, 3.63) is 58.8 Å². The number of anilines is 2. The number of fused-ring (bicyclic) bond motifs is 1. The molecule has 8 heteroatoms. The molecule has 1 aromatic heterocycles.